The Balaban J connectivity index is 1.22. The molecule has 2 aromatic carbocycles. The molecule has 4 rings (SSSR count). The third kappa shape index (κ3) is 4.67. The zero-order valence-electron chi connectivity index (χ0n) is 15.6. The molecule has 0 radical (unpaired) electrons. The molecule has 148 valence electrons. The summed E-state index contributed by atoms with van der Waals surface area (Å²) in [5.74, 6) is 2.10. The Morgan fingerprint density at radius 3 is 2.89 bits per heavy atom. The smallest absolute Gasteiger partial charge is 0.317 e. The van der Waals surface area contributed by atoms with Crippen LogP contribution in [0.15, 0.2) is 48.5 Å². The van der Waals surface area contributed by atoms with Crippen molar-refractivity contribution in [1.82, 2.24) is 10.2 Å². The average Bonchev–Trinajstić information content (AvgIpc) is 3.21. The van der Waals surface area contributed by atoms with Crippen molar-refractivity contribution in [2.45, 2.75) is 12.5 Å². The van der Waals surface area contributed by atoms with E-state index in [0.29, 0.717) is 44.3 Å². The lowest BCUT2D eigenvalue weighted by Gasteiger charge is -2.32. The summed E-state index contributed by atoms with van der Waals surface area (Å²) in [4.78, 5) is 14.2. The number of hydrogen-bond acceptors (Lipinski definition) is 5. The maximum absolute atomic E-state index is 12.4. The second-order valence-corrected chi connectivity index (χ2v) is 6.73. The number of ether oxygens (including phenoxy) is 4. The number of hydrogen-bond donors (Lipinski definition) is 1. The molecule has 2 aliphatic rings. The summed E-state index contributed by atoms with van der Waals surface area (Å²) < 4.78 is 22.2. The minimum atomic E-state index is -0.168. The van der Waals surface area contributed by atoms with Crippen LogP contribution in [0, 0.1) is 0 Å². The van der Waals surface area contributed by atoms with Crippen LogP contribution in [-0.2, 0) is 11.2 Å². The van der Waals surface area contributed by atoms with E-state index in [-0.39, 0.29) is 18.9 Å². The molecule has 0 bridgehead atoms. The van der Waals surface area contributed by atoms with Gasteiger partial charge >= 0.3 is 6.03 Å². The van der Waals surface area contributed by atoms with Crippen molar-refractivity contribution in [1.29, 1.82) is 0 Å². The second-order valence-electron chi connectivity index (χ2n) is 6.73. The van der Waals surface area contributed by atoms with Crippen molar-refractivity contribution in [3.8, 4) is 17.2 Å². The molecule has 7 nitrogen and oxygen atoms in total. The summed E-state index contributed by atoms with van der Waals surface area (Å²) in [7, 11) is 0. The topological polar surface area (TPSA) is 69.3 Å². The molecule has 1 atom stereocenters. The Labute approximate surface area is 164 Å². The molecule has 1 N–H and O–H groups in total. The fraction of sp³-hybridized carbons (Fsp3) is 0.381. The van der Waals surface area contributed by atoms with Gasteiger partial charge in [0.1, 0.15) is 18.5 Å². The van der Waals surface area contributed by atoms with E-state index in [1.165, 1.54) is 5.56 Å². The quantitative estimate of drug-likeness (QED) is 0.829. The maximum Gasteiger partial charge on any atom is 0.317 e. The van der Waals surface area contributed by atoms with Crippen LogP contribution in [0.3, 0.4) is 0 Å². The number of nitrogens with one attached hydrogen (secondary N) is 1. The number of carbonyl (C=O) groups excluding carboxylic acids is 1. The minimum Gasteiger partial charge on any atom is -0.491 e. The zero-order valence-corrected chi connectivity index (χ0v) is 15.6. The van der Waals surface area contributed by atoms with Crippen LogP contribution in [0.1, 0.15) is 5.56 Å². The molecule has 1 fully saturated rings. The predicted octanol–water partition coefficient (Wildman–Crippen LogP) is 2.45. The Kier molecular flexibility index (Phi) is 5.82. The van der Waals surface area contributed by atoms with E-state index in [9.17, 15) is 4.79 Å². The molecule has 2 aliphatic heterocycles. The largest absolute Gasteiger partial charge is 0.491 e. The standard InChI is InChI=1S/C21H24N2O5/c24-21(22-9-8-16-4-2-1-3-5-16)23-10-11-25-18(13-23)14-26-17-6-7-19-20(12-17)28-15-27-19/h1-7,12,18H,8-11,13-15H2,(H,22,24). The van der Waals surface area contributed by atoms with Gasteiger partial charge in [0, 0.05) is 19.2 Å². The first-order valence-corrected chi connectivity index (χ1v) is 9.49. The molecule has 1 saturated heterocycles. The van der Waals surface area contributed by atoms with Crippen molar-refractivity contribution < 1.29 is 23.7 Å². The third-order valence-electron chi connectivity index (χ3n) is 4.74. The SMILES string of the molecule is O=C(NCCc1ccccc1)N1CCOC(COc2ccc3c(c2)OCO3)C1. The highest BCUT2D eigenvalue weighted by molar-refractivity contribution is 5.74. The fourth-order valence-electron chi connectivity index (χ4n) is 3.23. The number of nitrogens with zero attached hydrogens (tertiary/aromatic N) is 1. The van der Waals surface area contributed by atoms with E-state index in [1.807, 2.05) is 30.3 Å². The monoisotopic (exact) mass is 384 g/mol. The van der Waals surface area contributed by atoms with Gasteiger partial charge in [0.15, 0.2) is 11.5 Å². The lowest BCUT2D eigenvalue weighted by atomic mass is 10.1. The van der Waals surface area contributed by atoms with E-state index in [4.69, 9.17) is 18.9 Å². The van der Waals surface area contributed by atoms with Gasteiger partial charge in [-0.05, 0) is 24.1 Å². The number of urea groups is 1. The van der Waals surface area contributed by atoms with Crippen LogP contribution < -0.4 is 19.5 Å². The van der Waals surface area contributed by atoms with E-state index in [2.05, 4.69) is 17.4 Å². The summed E-state index contributed by atoms with van der Waals surface area (Å²) in [5.41, 5.74) is 1.21. The van der Waals surface area contributed by atoms with Gasteiger partial charge in [0.05, 0.1) is 13.2 Å². The van der Waals surface area contributed by atoms with Crippen molar-refractivity contribution >= 4 is 6.03 Å². The highest BCUT2D eigenvalue weighted by Crippen LogP contribution is 2.35. The lowest BCUT2D eigenvalue weighted by Crippen LogP contribution is -2.51. The van der Waals surface area contributed by atoms with Gasteiger partial charge in [0.25, 0.3) is 0 Å². The molecule has 0 aromatic heterocycles. The van der Waals surface area contributed by atoms with Crippen LogP contribution in [0.2, 0.25) is 0 Å². The van der Waals surface area contributed by atoms with Gasteiger partial charge in [-0.2, -0.15) is 0 Å². The van der Waals surface area contributed by atoms with E-state index in [0.717, 1.165) is 12.2 Å². The highest BCUT2D eigenvalue weighted by atomic mass is 16.7. The van der Waals surface area contributed by atoms with Gasteiger partial charge in [-0.15, -0.1) is 0 Å². The molecular weight excluding hydrogens is 360 g/mol. The van der Waals surface area contributed by atoms with Crippen molar-refractivity contribution in [2.24, 2.45) is 0 Å². The van der Waals surface area contributed by atoms with E-state index >= 15 is 0 Å². The van der Waals surface area contributed by atoms with E-state index < -0.39 is 0 Å². The Bertz CT molecular complexity index is 799. The number of carbonyl (C=O) groups is 1. The summed E-state index contributed by atoms with van der Waals surface area (Å²) in [6.07, 6.45) is 0.646. The molecule has 2 heterocycles. The predicted molar refractivity (Wildman–Crippen MR) is 103 cm³/mol. The van der Waals surface area contributed by atoms with Crippen LogP contribution >= 0.6 is 0 Å². The van der Waals surface area contributed by atoms with Crippen molar-refractivity contribution in [3.63, 3.8) is 0 Å². The molecule has 7 heteroatoms. The third-order valence-corrected chi connectivity index (χ3v) is 4.74. The van der Waals surface area contributed by atoms with Gasteiger partial charge in [-0.1, -0.05) is 30.3 Å². The van der Waals surface area contributed by atoms with Gasteiger partial charge in [0.2, 0.25) is 6.79 Å². The first-order valence-electron chi connectivity index (χ1n) is 9.49. The minimum absolute atomic E-state index is 0.0627. The number of amides is 2. The number of morpholine rings is 1. The Morgan fingerprint density at radius 1 is 1.14 bits per heavy atom. The summed E-state index contributed by atoms with van der Waals surface area (Å²) in [6.45, 7) is 2.80. The van der Waals surface area contributed by atoms with Crippen LogP contribution in [-0.4, -0.2) is 56.7 Å². The molecule has 1 unspecified atom stereocenters. The number of fused-ring (bicyclic) bond motifs is 1. The molecule has 28 heavy (non-hydrogen) atoms. The summed E-state index contributed by atoms with van der Waals surface area (Å²) in [6, 6.07) is 15.5. The zero-order chi connectivity index (χ0) is 19.2. The first-order chi connectivity index (χ1) is 13.8. The van der Waals surface area contributed by atoms with E-state index in [1.54, 1.807) is 11.0 Å². The summed E-state index contributed by atoms with van der Waals surface area (Å²) >= 11 is 0. The molecule has 2 aromatic rings. The number of rotatable bonds is 6. The maximum atomic E-state index is 12.4. The van der Waals surface area contributed by atoms with Crippen molar-refractivity contribution in [3.05, 3.63) is 54.1 Å². The average molecular weight is 384 g/mol. The molecule has 0 saturated carbocycles. The molecule has 0 spiro atoms. The van der Waals surface area contributed by atoms with Crippen LogP contribution in [0.5, 0.6) is 17.2 Å². The summed E-state index contributed by atoms with van der Waals surface area (Å²) in [5, 5.41) is 2.98. The lowest BCUT2D eigenvalue weighted by molar-refractivity contribution is -0.0351. The van der Waals surface area contributed by atoms with Gasteiger partial charge in [-0.25, -0.2) is 4.79 Å². The van der Waals surface area contributed by atoms with Crippen LogP contribution in [0.4, 0.5) is 4.79 Å². The Hall–Kier alpha value is -2.93. The Morgan fingerprint density at radius 2 is 2.00 bits per heavy atom. The number of benzene rings is 2. The van der Waals surface area contributed by atoms with Gasteiger partial charge in [-0.3, -0.25) is 0 Å². The highest BCUT2D eigenvalue weighted by Gasteiger charge is 2.25. The van der Waals surface area contributed by atoms with Gasteiger partial charge < -0.3 is 29.2 Å². The second kappa shape index (κ2) is 8.84. The molecule has 2 amide bonds. The first kappa shape index (κ1) is 18.4. The fourth-order valence-corrected chi connectivity index (χ4v) is 3.23. The molecular formula is C21H24N2O5. The normalized spacial score (nSPS) is 18.0. The van der Waals surface area contributed by atoms with Crippen LogP contribution in [0.25, 0.3) is 0 Å². The van der Waals surface area contributed by atoms with Crippen molar-refractivity contribution in [2.75, 3.05) is 39.6 Å². The molecule has 0 aliphatic carbocycles.